The highest BCUT2D eigenvalue weighted by atomic mass is 16.6. The fourth-order valence-electron chi connectivity index (χ4n) is 2.46. The lowest BCUT2D eigenvalue weighted by Gasteiger charge is -2.08. The number of benzene rings is 2. The van der Waals surface area contributed by atoms with Gasteiger partial charge in [0, 0.05) is 42.9 Å². The predicted octanol–water partition coefficient (Wildman–Crippen LogP) is 3.44. The Hall–Kier alpha value is -3.42. The second-order valence-electron chi connectivity index (χ2n) is 5.98. The van der Waals surface area contributed by atoms with Crippen LogP contribution in [-0.2, 0) is 16.0 Å². The fourth-order valence-corrected chi connectivity index (χ4v) is 2.46. The molecule has 0 aliphatic carbocycles. The van der Waals surface area contributed by atoms with Crippen LogP contribution in [0.3, 0.4) is 0 Å². The second kappa shape index (κ2) is 9.91. The zero-order valence-corrected chi connectivity index (χ0v) is 14.7. The van der Waals surface area contributed by atoms with Crippen molar-refractivity contribution in [3.63, 3.8) is 0 Å². The quantitative estimate of drug-likeness (QED) is 0.334. The first-order valence-corrected chi connectivity index (χ1v) is 8.53. The van der Waals surface area contributed by atoms with Gasteiger partial charge in [0.05, 0.1) is 4.92 Å². The lowest BCUT2D eigenvalue weighted by Crippen LogP contribution is -2.13. The van der Waals surface area contributed by atoms with E-state index < -0.39 is 10.9 Å². The van der Waals surface area contributed by atoms with Gasteiger partial charge in [0.25, 0.3) is 5.69 Å². The predicted molar refractivity (Wildman–Crippen MR) is 102 cm³/mol. The van der Waals surface area contributed by atoms with Gasteiger partial charge in [0.2, 0.25) is 5.91 Å². The Labute approximate surface area is 156 Å². The van der Waals surface area contributed by atoms with E-state index in [1.165, 1.54) is 12.1 Å². The summed E-state index contributed by atoms with van der Waals surface area (Å²) in [6.07, 6.45) is 1.38. The first-order chi connectivity index (χ1) is 12.9. The number of anilines is 2. The first kappa shape index (κ1) is 19.9. The van der Waals surface area contributed by atoms with Crippen LogP contribution in [0, 0.1) is 10.1 Å². The Balaban J connectivity index is 1.72. The zero-order valence-electron chi connectivity index (χ0n) is 14.7. The van der Waals surface area contributed by atoms with Crippen molar-refractivity contribution in [1.82, 2.24) is 0 Å². The van der Waals surface area contributed by atoms with Crippen molar-refractivity contribution in [2.75, 3.05) is 17.2 Å². The molecule has 2 aromatic carbocycles. The number of nitro groups is 1. The average molecular weight is 371 g/mol. The van der Waals surface area contributed by atoms with Gasteiger partial charge in [0.15, 0.2) is 0 Å². The molecule has 0 unspecified atom stereocenters. The highest BCUT2D eigenvalue weighted by molar-refractivity contribution is 5.90. The highest BCUT2D eigenvalue weighted by Crippen LogP contribution is 2.16. The van der Waals surface area contributed by atoms with E-state index >= 15 is 0 Å². The van der Waals surface area contributed by atoms with E-state index in [2.05, 4.69) is 10.6 Å². The highest BCUT2D eigenvalue weighted by Gasteiger charge is 2.06. The van der Waals surface area contributed by atoms with Crippen molar-refractivity contribution in [2.45, 2.75) is 25.7 Å². The standard InChI is InChI=1S/C19H21N3O5/c23-18(21-16-4-1-3-14(13-16)6-11-19(24)25)5-2-12-20-15-7-9-17(10-8-15)22(26)27/h1,3-4,7-10,13,20H,2,5-6,11-12H2,(H,21,23)(H,24,25). The molecular formula is C19H21N3O5. The van der Waals surface area contributed by atoms with E-state index in [0.29, 0.717) is 31.5 Å². The number of amides is 1. The van der Waals surface area contributed by atoms with Crippen molar-refractivity contribution in [3.8, 4) is 0 Å². The number of aryl methyl sites for hydroxylation is 1. The number of nitro benzene ring substituents is 1. The van der Waals surface area contributed by atoms with Gasteiger partial charge in [-0.3, -0.25) is 19.7 Å². The Morgan fingerprint density at radius 2 is 1.78 bits per heavy atom. The molecule has 142 valence electrons. The van der Waals surface area contributed by atoms with Crippen molar-refractivity contribution in [3.05, 3.63) is 64.2 Å². The summed E-state index contributed by atoms with van der Waals surface area (Å²) in [5, 5.41) is 25.2. The number of nitrogens with one attached hydrogen (secondary N) is 2. The van der Waals surface area contributed by atoms with Gasteiger partial charge < -0.3 is 15.7 Å². The van der Waals surface area contributed by atoms with Crippen LogP contribution in [0.25, 0.3) is 0 Å². The molecule has 0 aromatic heterocycles. The lowest BCUT2D eigenvalue weighted by molar-refractivity contribution is -0.384. The van der Waals surface area contributed by atoms with Crippen molar-refractivity contribution < 1.29 is 19.6 Å². The van der Waals surface area contributed by atoms with Gasteiger partial charge >= 0.3 is 5.97 Å². The van der Waals surface area contributed by atoms with E-state index in [-0.39, 0.29) is 18.0 Å². The summed E-state index contributed by atoms with van der Waals surface area (Å²) in [4.78, 5) is 32.8. The fraction of sp³-hybridized carbons (Fsp3) is 0.263. The van der Waals surface area contributed by atoms with Gasteiger partial charge in [-0.05, 0) is 42.7 Å². The number of non-ortho nitro benzene ring substituents is 1. The molecule has 27 heavy (non-hydrogen) atoms. The van der Waals surface area contributed by atoms with E-state index in [9.17, 15) is 19.7 Å². The summed E-state index contributed by atoms with van der Waals surface area (Å²) < 4.78 is 0. The number of hydrogen-bond donors (Lipinski definition) is 3. The van der Waals surface area contributed by atoms with Gasteiger partial charge in [-0.1, -0.05) is 12.1 Å². The molecule has 0 aliphatic heterocycles. The van der Waals surface area contributed by atoms with Gasteiger partial charge in [-0.15, -0.1) is 0 Å². The minimum atomic E-state index is -0.857. The largest absolute Gasteiger partial charge is 0.481 e. The van der Waals surface area contributed by atoms with Crippen LogP contribution in [0.15, 0.2) is 48.5 Å². The second-order valence-corrected chi connectivity index (χ2v) is 5.98. The normalized spacial score (nSPS) is 10.2. The number of hydrogen-bond acceptors (Lipinski definition) is 5. The van der Waals surface area contributed by atoms with E-state index in [0.717, 1.165) is 11.3 Å². The van der Waals surface area contributed by atoms with Crippen molar-refractivity contribution >= 4 is 28.9 Å². The van der Waals surface area contributed by atoms with Crippen LogP contribution in [0.4, 0.5) is 17.1 Å². The van der Waals surface area contributed by atoms with E-state index in [4.69, 9.17) is 5.11 Å². The Morgan fingerprint density at radius 1 is 1.04 bits per heavy atom. The number of aliphatic carboxylic acids is 1. The van der Waals surface area contributed by atoms with Gasteiger partial charge in [-0.25, -0.2) is 0 Å². The molecule has 0 atom stereocenters. The molecule has 0 saturated heterocycles. The number of carboxylic acid groups (broad SMARTS) is 1. The molecule has 0 bridgehead atoms. The van der Waals surface area contributed by atoms with E-state index in [1.807, 2.05) is 6.07 Å². The van der Waals surface area contributed by atoms with Crippen LogP contribution < -0.4 is 10.6 Å². The summed E-state index contributed by atoms with van der Waals surface area (Å²) in [7, 11) is 0. The van der Waals surface area contributed by atoms with Crippen LogP contribution in [0.2, 0.25) is 0 Å². The van der Waals surface area contributed by atoms with Crippen molar-refractivity contribution in [2.24, 2.45) is 0 Å². The van der Waals surface area contributed by atoms with Crippen LogP contribution in [0.1, 0.15) is 24.8 Å². The molecule has 3 N–H and O–H groups in total. The SMILES string of the molecule is O=C(O)CCc1cccc(NC(=O)CCCNc2ccc([N+](=O)[O-])cc2)c1. The summed E-state index contributed by atoms with van der Waals surface area (Å²) >= 11 is 0. The Bertz CT molecular complexity index is 805. The molecule has 8 nitrogen and oxygen atoms in total. The molecule has 0 spiro atoms. The van der Waals surface area contributed by atoms with Gasteiger partial charge in [0.1, 0.15) is 0 Å². The molecule has 0 aliphatic rings. The smallest absolute Gasteiger partial charge is 0.303 e. The lowest BCUT2D eigenvalue weighted by atomic mass is 10.1. The number of rotatable bonds is 10. The molecule has 8 heteroatoms. The first-order valence-electron chi connectivity index (χ1n) is 8.53. The molecule has 0 radical (unpaired) electrons. The molecule has 2 aromatic rings. The maximum Gasteiger partial charge on any atom is 0.303 e. The van der Waals surface area contributed by atoms with E-state index in [1.54, 1.807) is 30.3 Å². The molecular weight excluding hydrogens is 350 g/mol. The third-order valence-corrected chi connectivity index (χ3v) is 3.83. The number of carboxylic acids is 1. The summed E-state index contributed by atoms with van der Waals surface area (Å²) in [5.41, 5.74) is 2.29. The average Bonchev–Trinajstić information content (AvgIpc) is 2.64. The third-order valence-electron chi connectivity index (χ3n) is 3.83. The van der Waals surface area contributed by atoms with Crippen LogP contribution in [-0.4, -0.2) is 28.5 Å². The molecule has 1 amide bonds. The molecule has 0 fully saturated rings. The molecule has 0 saturated carbocycles. The maximum absolute atomic E-state index is 12.0. The topological polar surface area (TPSA) is 122 Å². The maximum atomic E-state index is 12.0. The van der Waals surface area contributed by atoms with Crippen LogP contribution in [0.5, 0.6) is 0 Å². The molecule has 0 heterocycles. The summed E-state index contributed by atoms with van der Waals surface area (Å²) in [6.45, 7) is 0.559. The summed E-state index contributed by atoms with van der Waals surface area (Å²) in [5.74, 6) is -0.985. The zero-order chi connectivity index (χ0) is 19.6. The number of carbonyl (C=O) groups is 2. The summed E-state index contributed by atoms with van der Waals surface area (Å²) in [6, 6.07) is 13.2. The number of nitrogens with zero attached hydrogens (tertiary/aromatic N) is 1. The Morgan fingerprint density at radius 3 is 2.44 bits per heavy atom. The van der Waals surface area contributed by atoms with Crippen molar-refractivity contribution in [1.29, 1.82) is 0 Å². The number of carbonyl (C=O) groups excluding carboxylic acids is 1. The van der Waals surface area contributed by atoms with Crippen LogP contribution >= 0.6 is 0 Å². The minimum Gasteiger partial charge on any atom is -0.481 e. The van der Waals surface area contributed by atoms with Gasteiger partial charge in [-0.2, -0.15) is 0 Å². The Kier molecular flexibility index (Phi) is 7.30. The minimum absolute atomic E-state index is 0.0329. The third kappa shape index (κ3) is 7.15. The monoisotopic (exact) mass is 371 g/mol. The molecule has 2 rings (SSSR count).